The van der Waals surface area contributed by atoms with Gasteiger partial charge in [0.05, 0.1) is 22.2 Å². The van der Waals surface area contributed by atoms with Crippen LogP contribution in [0.3, 0.4) is 0 Å². The molecule has 0 unspecified atom stereocenters. The molecule has 0 radical (unpaired) electrons. The third-order valence-electron chi connectivity index (χ3n) is 6.50. The van der Waals surface area contributed by atoms with Crippen molar-refractivity contribution in [3.8, 4) is 28.2 Å². The molecule has 160 valence electrons. The normalized spacial score (nSPS) is 11.5. The summed E-state index contributed by atoms with van der Waals surface area (Å²) in [6, 6.07) is 38.1. The summed E-state index contributed by atoms with van der Waals surface area (Å²) in [7, 11) is 0. The highest BCUT2D eigenvalue weighted by Crippen LogP contribution is 2.37. The average Bonchev–Trinajstić information content (AvgIpc) is 3.48. The topological polar surface area (TPSA) is 46.5 Å². The maximum Gasteiger partial charge on any atom is 0.137 e. The van der Waals surface area contributed by atoms with Gasteiger partial charge in [-0.1, -0.05) is 78.9 Å². The lowest BCUT2D eigenvalue weighted by Crippen LogP contribution is -1.96. The van der Waals surface area contributed by atoms with Crippen molar-refractivity contribution >= 4 is 32.7 Å². The van der Waals surface area contributed by atoms with E-state index in [-0.39, 0.29) is 0 Å². The SMILES string of the molecule is c1ccc(-c2ccc3c4ccc(-c5n[nH]c6ccccc56)cc4n(-c4ccccn4)c3c2)cc1. The molecule has 7 aromatic rings. The molecule has 3 heterocycles. The fourth-order valence-electron chi connectivity index (χ4n) is 4.89. The Morgan fingerprint density at radius 3 is 2.06 bits per heavy atom. The number of nitrogens with zero attached hydrogens (tertiary/aromatic N) is 3. The van der Waals surface area contributed by atoms with E-state index in [0.717, 1.165) is 39.0 Å². The van der Waals surface area contributed by atoms with Crippen LogP contribution in [0.2, 0.25) is 0 Å². The predicted octanol–water partition coefficient (Wildman–Crippen LogP) is 7.39. The molecule has 0 fully saturated rings. The highest BCUT2D eigenvalue weighted by Gasteiger charge is 2.16. The number of aromatic nitrogens is 4. The van der Waals surface area contributed by atoms with E-state index in [9.17, 15) is 0 Å². The first kappa shape index (κ1) is 18.8. The van der Waals surface area contributed by atoms with Crippen LogP contribution >= 0.6 is 0 Å². The number of benzene rings is 4. The lowest BCUT2D eigenvalue weighted by molar-refractivity contribution is 1.08. The summed E-state index contributed by atoms with van der Waals surface area (Å²) >= 11 is 0. The number of hydrogen-bond acceptors (Lipinski definition) is 2. The van der Waals surface area contributed by atoms with E-state index >= 15 is 0 Å². The molecule has 1 N–H and O–H groups in total. The molecule has 0 spiro atoms. The number of hydrogen-bond donors (Lipinski definition) is 1. The Balaban J connectivity index is 1.54. The van der Waals surface area contributed by atoms with Gasteiger partial charge in [-0.05, 0) is 41.5 Å². The minimum Gasteiger partial charge on any atom is -0.294 e. The molecule has 0 aliphatic carbocycles. The Hall–Kier alpha value is -4.70. The number of para-hydroxylation sites is 1. The van der Waals surface area contributed by atoms with Crippen molar-refractivity contribution in [1.29, 1.82) is 0 Å². The molecule has 0 amide bonds. The predicted molar refractivity (Wildman–Crippen MR) is 139 cm³/mol. The molecular formula is C30H20N4. The van der Waals surface area contributed by atoms with Gasteiger partial charge >= 0.3 is 0 Å². The highest BCUT2D eigenvalue weighted by molar-refractivity contribution is 6.11. The fourth-order valence-corrected chi connectivity index (χ4v) is 4.89. The highest BCUT2D eigenvalue weighted by atomic mass is 15.1. The lowest BCUT2D eigenvalue weighted by Gasteiger charge is -2.08. The zero-order valence-corrected chi connectivity index (χ0v) is 18.3. The molecule has 4 heteroatoms. The van der Waals surface area contributed by atoms with Crippen molar-refractivity contribution in [1.82, 2.24) is 19.7 Å². The van der Waals surface area contributed by atoms with Gasteiger partial charge in [-0.3, -0.25) is 9.67 Å². The van der Waals surface area contributed by atoms with E-state index in [1.54, 1.807) is 0 Å². The molecule has 0 saturated carbocycles. The van der Waals surface area contributed by atoms with Crippen LogP contribution in [0.15, 0.2) is 115 Å². The number of rotatable bonds is 3. The molecular weight excluding hydrogens is 416 g/mol. The van der Waals surface area contributed by atoms with Crippen LogP contribution in [0, 0.1) is 0 Å². The standard InChI is InChI=1S/C30H20N4/c1-2-8-20(9-3-1)21-13-15-23-24-16-14-22(30-25-10-4-5-11-26(25)32-33-30)19-28(24)34(27(23)18-21)29-12-6-7-17-31-29/h1-19H,(H,32,33). The second-order valence-corrected chi connectivity index (χ2v) is 8.47. The van der Waals surface area contributed by atoms with Gasteiger partial charge in [-0.2, -0.15) is 5.10 Å². The summed E-state index contributed by atoms with van der Waals surface area (Å²) < 4.78 is 2.26. The molecule has 0 aliphatic rings. The lowest BCUT2D eigenvalue weighted by atomic mass is 10.0. The third kappa shape index (κ3) is 2.86. The van der Waals surface area contributed by atoms with Crippen LogP contribution in [0.1, 0.15) is 0 Å². The Morgan fingerprint density at radius 1 is 0.559 bits per heavy atom. The van der Waals surface area contributed by atoms with E-state index in [1.807, 2.05) is 30.5 Å². The van der Waals surface area contributed by atoms with E-state index in [2.05, 4.69) is 99.7 Å². The average molecular weight is 437 g/mol. The van der Waals surface area contributed by atoms with Gasteiger partial charge in [-0.15, -0.1) is 0 Å². The van der Waals surface area contributed by atoms with Crippen LogP contribution in [0.4, 0.5) is 0 Å². The van der Waals surface area contributed by atoms with Gasteiger partial charge in [0.25, 0.3) is 0 Å². The summed E-state index contributed by atoms with van der Waals surface area (Å²) in [5.74, 6) is 0.900. The zero-order valence-electron chi connectivity index (χ0n) is 18.3. The zero-order chi connectivity index (χ0) is 22.5. The molecule has 3 aromatic heterocycles. The number of fused-ring (bicyclic) bond motifs is 4. The Bertz CT molecular complexity index is 1790. The maximum absolute atomic E-state index is 4.71. The van der Waals surface area contributed by atoms with Gasteiger partial charge in [-0.25, -0.2) is 4.98 Å². The van der Waals surface area contributed by atoms with E-state index in [0.29, 0.717) is 0 Å². The van der Waals surface area contributed by atoms with Crippen LogP contribution in [-0.4, -0.2) is 19.7 Å². The summed E-state index contributed by atoms with van der Waals surface area (Å²) in [4.78, 5) is 4.71. The van der Waals surface area contributed by atoms with E-state index < -0.39 is 0 Å². The summed E-state index contributed by atoms with van der Waals surface area (Å²) in [5, 5.41) is 11.3. The molecule has 0 atom stereocenters. The second kappa shape index (κ2) is 7.42. The van der Waals surface area contributed by atoms with Crippen molar-refractivity contribution in [2.75, 3.05) is 0 Å². The number of H-pyrrole nitrogens is 1. The van der Waals surface area contributed by atoms with Gasteiger partial charge in [0.2, 0.25) is 0 Å². The van der Waals surface area contributed by atoms with Crippen LogP contribution in [0.25, 0.3) is 60.9 Å². The number of aromatic amines is 1. The number of nitrogens with one attached hydrogen (secondary N) is 1. The second-order valence-electron chi connectivity index (χ2n) is 8.47. The summed E-state index contributed by atoms with van der Waals surface area (Å²) in [5.41, 5.74) is 7.71. The van der Waals surface area contributed by atoms with Crippen LogP contribution < -0.4 is 0 Å². The van der Waals surface area contributed by atoms with E-state index in [4.69, 9.17) is 4.98 Å². The molecule has 7 rings (SSSR count). The van der Waals surface area contributed by atoms with Crippen molar-refractivity contribution in [2.24, 2.45) is 0 Å². The summed E-state index contributed by atoms with van der Waals surface area (Å²) in [6.07, 6.45) is 1.85. The first-order valence-corrected chi connectivity index (χ1v) is 11.4. The Morgan fingerprint density at radius 2 is 1.26 bits per heavy atom. The molecule has 4 nitrogen and oxygen atoms in total. The molecule has 0 saturated heterocycles. The summed E-state index contributed by atoms with van der Waals surface area (Å²) in [6.45, 7) is 0. The maximum atomic E-state index is 4.71. The molecule has 0 bridgehead atoms. The van der Waals surface area contributed by atoms with Crippen molar-refractivity contribution in [2.45, 2.75) is 0 Å². The van der Waals surface area contributed by atoms with Gasteiger partial charge in [0.1, 0.15) is 5.82 Å². The van der Waals surface area contributed by atoms with Gasteiger partial charge < -0.3 is 0 Å². The minimum atomic E-state index is 0.900. The van der Waals surface area contributed by atoms with Gasteiger partial charge in [0, 0.05) is 27.9 Å². The Kier molecular flexibility index (Phi) is 4.11. The van der Waals surface area contributed by atoms with Crippen molar-refractivity contribution in [3.05, 3.63) is 115 Å². The minimum absolute atomic E-state index is 0.900. The first-order valence-electron chi connectivity index (χ1n) is 11.4. The van der Waals surface area contributed by atoms with Crippen LogP contribution in [0.5, 0.6) is 0 Å². The smallest absolute Gasteiger partial charge is 0.137 e. The van der Waals surface area contributed by atoms with E-state index in [1.165, 1.54) is 21.9 Å². The van der Waals surface area contributed by atoms with Crippen LogP contribution in [-0.2, 0) is 0 Å². The monoisotopic (exact) mass is 436 g/mol. The molecule has 0 aliphatic heterocycles. The molecule has 4 aromatic carbocycles. The molecule has 34 heavy (non-hydrogen) atoms. The fraction of sp³-hybridized carbons (Fsp3) is 0. The van der Waals surface area contributed by atoms with Crippen molar-refractivity contribution < 1.29 is 0 Å². The first-order chi connectivity index (χ1) is 16.9. The largest absolute Gasteiger partial charge is 0.294 e. The quantitative estimate of drug-likeness (QED) is 0.314. The Labute approximate surface area is 196 Å². The third-order valence-corrected chi connectivity index (χ3v) is 6.50. The van der Waals surface area contributed by atoms with Gasteiger partial charge in [0.15, 0.2) is 0 Å². The number of pyridine rings is 1. The van der Waals surface area contributed by atoms with Crippen molar-refractivity contribution in [3.63, 3.8) is 0 Å².